The monoisotopic (exact) mass is 306 g/mol. The van der Waals surface area contributed by atoms with Crippen molar-refractivity contribution < 1.29 is 14.3 Å². The molecule has 1 unspecified atom stereocenters. The Labute approximate surface area is 113 Å². The van der Waals surface area contributed by atoms with Crippen molar-refractivity contribution in [2.75, 3.05) is 0 Å². The van der Waals surface area contributed by atoms with Crippen molar-refractivity contribution in [3.63, 3.8) is 0 Å². The fourth-order valence-electron chi connectivity index (χ4n) is 1.32. The summed E-state index contributed by atoms with van der Waals surface area (Å²) in [4.78, 5) is 11.7. The van der Waals surface area contributed by atoms with Gasteiger partial charge in [0.25, 0.3) is 0 Å². The molecule has 0 heterocycles. The second-order valence-corrected chi connectivity index (χ2v) is 4.31. The predicted octanol–water partition coefficient (Wildman–Crippen LogP) is 3.39. The van der Waals surface area contributed by atoms with E-state index < -0.39 is 11.0 Å². The molecule has 0 spiro atoms. The molecule has 1 atom stereocenters. The third-order valence-electron chi connectivity index (χ3n) is 2.13. The summed E-state index contributed by atoms with van der Waals surface area (Å²) in [5, 5.41) is -0.833. The highest BCUT2D eigenvalue weighted by Gasteiger charge is 2.18. The van der Waals surface area contributed by atoms with Gasteiger partial charge < -0.3 is 9.47 Å². The first-order valence-electron chi connectivity index (χ1n) is 5.38. The first-order chi connectivity index (χ1) is 8.75. The lowest BCUT2D eigenvalue weighted by Crippen LogP contribution is -2.25. The molecule has 0 N–H and O–H groups in total. The lowest BCUT2D eigenvalue weighted by atomic mass is 10.3. The molecule has 18 heavy (non-hydrogen) atoms. The molecular formula is C14H11BrO3. The van der Waals surface area contributed by atoms with Crippen LogP contribution < -0.4 is 9.47 Å². The number of benzene rings is 2. The van der Waals surface area contributed by atoms with Crippen molar-refractivity contribution in [1.82, 2.24) is 0 Å². The van der Waals surface area contributed by atoms with Crippen LogP contribution in [0.4, 0.5) is 0 Å². The highest BCUT2D eigenvalue weighted by atomic mass is 79.9. The van der Waals surface area contributed by atoms with Crippen LogP contribution in [0.5, 0.6) is 11.5 Å². The van der Waals surface area contributed by atoms with E-state index in [2.05, 4.69) is 15.9 Å². The summed E-state index contributed by atoms with van der Waals surface area (Å²) >= 11 is 3.14. The number of carbonyl (C=O) groups is 1. The average molecular weight is 307 g/mol. The van der Waals surface area contributed by atoms with Crippen LogP contribution in [0.15, 0.2) is 60.7 Å². The van der Waals surface area contributed by atoms with E-state index in [-0.39, 0.29) is 0 Å². The summed E-state index contributed by atoms with van der Waals surface area (Å²) in [5.41, 5.74) is 0. The molecule has 0 aliphatic heterocycles. The normalized spacial score (nSPS) is 11.6. The van der Waals surface area contributed by atoms with E-state index >= 15 is 0 Å². The molecule has 3 nitrogen and oxygen atoms in total. The van der Waals surface area contributed by atoms with Crippen LogP contribution in [0.1, 0.15) is 0 Å². The Kier molecular flexibility index (Phi) is 4.36. The van der Waals surface area contributed by atoms with E-state index in [1.807, 2.05) is 24.3 Å². The number of alkyl halides is 1. The van der Waals surface area contributed by atoms with Crippen LogP contribution in [0, 0.1) is 0 Å². The third-order valence-corrected chi connectivity index (χ3v) is 2.69. The SMILES string of the molecule is O=C(Oc1ccccc1)C(Br)Oc1ccccc1. The quantitative estimate of drug-likeness (QED) is 0.493. The molecule has 0 bridgehead atoms. The van der Waals surface area contributed by atoms with Crippen molar-refractivity contribution in [1.29, 1.82) is 0 Å². The minimum absolute atomic E-state index is 0.489. The maximum absolute atomic E-state index is 11.7. The topological polar surface area (TPSA) is 35.5 Å². The summed E-state index contributed by atoms with van der Waals surface area (Å²) < 4.78 is 10.5. The summed E-state index contributed by atoms with van der Waals surface area (Å²) in [6.07, 6.45) is 0. The molecule has 92 valence electrons. The van der Waals surface area contributed by atoms with E-state index in [9.17, 15) is 4.79 Å². The van der Waals surface area contributed by atoms with E-state index in [4.69, 9.17) is 9.47 Å². The van der Waals surface area contributed by atoms with Gasteiger partial charge in [-0.3, -0.25) is 0 Å². The summed E-state index contributed by atoms with van der Waals surface area (Å²) in [6, 6.07) is 17.9. The van der Waals surface area contributed by atoms with Crippen LogP contribution in [-0.4, -0.2) is 11.0 Å². The Morgan fingerprint density at radius 1 is 0.889 bits per heavy atom. The van der Waals surface area contributed by atoms with Gasteiger partial charge in [0, 0.05) is 0 Å². The number of hydrogen-bond acceptors (Lipinski definition) is 3. The van der Waals surface area contributed by atoms with Gasteiger partial charge in [-0.25, -0.2) is 4.79 Å². The minimum atomic E-state index is -0.833. The molecular weight excluding hydrogens is 296 g/mol. The van der Waals surface area contributed by atoms with Gasteiger partial charge in [0.1, 0.15) is 11.5 Å². The molecule has 0 saturated heterocycles. The molecule has 2 rings (SSSR count). The first kappa shape index (κ1) is 12.6. The van der Waals surface area contributed by atoms with Gasteiger partial charge in [-0.1, -0.05) is 36.4 Å². The Hall–Kier alpha value is -1.81. The van der Waals surface area contributed by atoms with Crippen LogP contribution in [0.3, 0.4) is 0 Å². The number of carbonyl (C=O) groups excluding carboxylic acids is 1. The summed E-state index contributed by atoms with van der Waals surface area (Å²) in [7, 11) is 0. The smallest absolute Gasteiger partial charge is 0.364 e. The molecule has 0 amide bonds. The van der Waals surface area contributed by atoms with Crippen molar-refractivity contribution in [2.24, 2.45) is 0 Å². The number of esters is 1. The van der Waals surface area contributed by atoms with Crippen LogP contribution in [0.2, 0.25) is 0 Å². The van der Waals surface area contributed by atoms with Crippen LogP contribution >= 0.6 is 15.9 Å². The minimum Gasteiger partial charge on any atom is -0.467 e. The molecule has 4 heteroatoms. The molecule has 0 aromatic heterocycles. The van der Waals surface area contributed by atoms with Crippen molar-refractivity contribution >= 4 is 21.9 Å². The van der Waals surface area contributed by atoms with E-state index in [1.165, 1.54) is 0 Å². The van der Waals surface area contributed by atoms with Crippen molar-refractivity contribution in [2.45, 2.75) is 5.01 Å². The number of halogens is 1. The van der Waals surface area contributed by atoms with Crippen molar-refractivity contribution in [3.05, 3.63) is 60.7 Å². The van der Waals surface area contributed by atoms with Gasteiger partial charge in [0.05, 0.1) is 0 Å². The van der Waals surface area contributed by atoms with Gasteiger partial charge in [0.2, 0.25) is 5.01 Å². The maximum Gasteiger partial charge on any atom is 0.364 e. The number of hydrogen-bond donors (Lipinski definition) is 0. The molecule has 0 aliphatic rings. The van der Waals surface area contributed by atoms with E-state index in [1.54, 1.807) is 36.4 Å². The Balaban J connectivity index is 1.93. The standard InChI is InChI=1S/C14H11BrO3/c15-13(17-11-7-3-1-4-8-11)14(16)18-12-9-5-2-6-10-12/h1-10,13H. The maximum atomic E-state index is 11.7. The second kappa shape index (κ2) is 6.21. The molecule has 0 fully saturated rings. The summed E-state index contributed by atoms with van der Waals surface area (Å²) in [5.74, 6) is 0.595. The Morgan fingerprint density at radius 3 is 1.94 bits per heavy atom. The summed E-state index contributed by atoms with van der Waals surface area (Å²) in [6.45, 7) is 0. The fourth-order valence-corrected chi connectivity index (χ4v) is 1.63. The van der Waals surface area contributed by atoms with Crippen LogP contribution in [0.25, 0.3) is 0 Å². The number of rotatable bonds is 4. The largest absolute Gasteiger partial charge is 0.467 e. The molecule has 0 saturated carbocycles. The number of para-hydroxylation sites is 2. The van der Waals surface area contributed by atoms with Gasteiger partial charge in [-0.05, 0) is 40.2 Å². The number of ether oxygens (including phenoxy) is 2. The molecule has 2 aromatic carbocycles. The average Bonchev–Trinajstić information content (AvgIpc) is 2.41. The van der Waals surface area contributed by atoms with Gasteiger partial charge in [-0.15, -0.1) is 0 Å². The lowest BCUT2D eigenvalue weighted by Gasteiger charge is -2.12. The third kappa shape index (κ3) is 3.60. The first-order valence-corrected chi connectivity index (χ1v) is 6.30. The van der Waals surface area contributed by atoms with E-state index in [0.717, 1.165) is 0 Å². The van der Waals surface area contributed by atoms with Gasteiger partial charge in [0.15, 0.2) is 0 Å². The lowest BCUT2D eigenvalue weighted by molar-refractivity contribution is -0.137. The molecule has 0 radical (unpaired) electrons. The Bertz CT molecular complexity index is 499. The highest BCUT2D eigenvalue weighted by Crippen LogP contribution is 2.16. The second-order valence-electron chi connectivity index (χ2n) is 3.48. The zero-order valence-corrected chi connectivity index (χ0v) is 11.0. The predicted molar refractivity (Wildman–Crippen MR) is 71.9 cm³/mol. The molecule has 2 aromatic rings. The zero-order chi connectivity index (χ0) is 12.8. The van der Waals surface area contributed by atoms with E-state index in [0.29, 0.717) is 11.5 Å². The molecule has 0 aliphatic carbocycles. The van der Waals surface area contributed by atoms with Crippen molar-refractivity contribution in [3.8, 4) is 11.5 Å². The van der Waals surface area contributed by atoms with Gasteiger partial charge in [-0.2, -0.15) is 0 Å². The fraction of sp³-hybridized carbons (Fsp3) is 0.0714. The van der Waals surface area contributed by atoms with Crippen LogP contribution in [-0.2, 0) is 4.79 Å². The Morgan fingerprint density at radius 2 is 1.39 bits per heavy atom. The zero-order valence-electron chi connectivity index (χ0n) is 9.45. The van der Waals surface area contributed by atoms with Gasteiger partial charge >= 0.3 is 5.97 Å². The highest BCUT2D eigenvalue weighted by molar-refractivity contribution is 9.09.